The van der Waals surface area contributed by atoms with Gasteiger partial charge in [-0.1, -0.05) is 71.9 Å². The minimum absolute atomic E-state index is 0.0543. The summed E-state index contributed by atoms with van der Waals surface area (Å²) in [6.45, 7) is 13.2. The highest BCUT2D eigenvalue weighted by molar-refractivity contribution is 6.67. The summed E-state index contributed by atoms with van der Waals surface area (Å²) in [4.78, 5) is 50.1. The van der Waals surface area contributed by atoms with Gasteiger partial charge in [0.05, 0.1) is 37.5 Å². The molecule has 2 aromatic rings. The van der Waals surface area contributed by atoms with E-state index in [-0.39, 0.29) is 17.9 Å². The quantitative estimate of drug-likeness (QED) is 0.175. The summed E-state index contributed by atoms with van der Waals surface area (Å²) >= 11 is 0. The maximum atomic E-state index is 15.6. The molecule has 11 atom stereocenters. The van der Waals surface area contributed by atoms with Crippen LogP contribution in [0.3, 0.4) is 0 Å². The molecular weight excluding hydrogens is 811 g/mol. The SMILES string of the molecule is CCC1=C[C@H]2CN(C1)CC1=C(Bc3ccc(-c4c(C)noc4C)cc31)[C@@](C(=O)OC)(C1C=C3C(=CC1OC)N(C)[C@H]1[C@@](O)(C(=O)OC)[C@H](OC(C)=O)[C@]4(CC)C=CCN5CC[C@]31[C@@H]54)C2. The van der Waals surface area contributed by atoms with Crippen LogP contribution in [0.25, 0.3) is 16.7 Å². The number of rotatable bonds is 8. The molecule has 2 bridgehead atoms. The molecule has 2 aliphatic carbocycles. The monoisotopic (exact) mass is 872 g/mol. The van der Waals surface area contributed by atoms with Crippen molar-refractivity contribution in [3.63, 3.8) is 0 Å². The molecule has 1 spiro atoms. The largest absolute Gasteiger partial charge is 0.468 e. The Balaban J connectivity index is 1.23. The number of carbonyl (C=O) groups excluding carboxylic acids is 3. The molecule has 6 aliphatic heterocycles. The van der Waals surface area contributed by atoms with Crippen LogP contribution in [0.2, 0.25) is 0 Å². The molecule has 7 heterocycles. The Morgan fingerprint density at radius 1 is 1.03 bits per heavy atom. The highest BCUT2D eigenvalue weighted by atomic mass is 16.6. The number of nitrogens with zero attached hydrogens (tertiary/aromatic N) is 4. The molecule has 2 saturated heterocycles. The number of fused-ring (bicyclic) bond motifs is 5. The van der Waals surface area contributed by atoms with Crippen LogP contribution in [0.5, 0.6) is 0 Å². The van der Waals surface area contributed by atoms with Crippen molar-refractivity contribution in [1.82, 2.24) is 19.9 Å². The van der Waals surface area contributed by atoms with E-state index in [2.05, 4.69) is 70.5 Å². The molecule has 0 radical (unpaired) electrons. The van der Waals surface area contributed by atoms with Gasteiger partial charge in [-0.05, 0) is 86.4 Å². The van der Waals surface area contributed by atoms with Crippen molar-refractivity contribution in [2.45, 2.75) is 90.2 Å². The van der Waals surface area contributed by atoms with Crippen LogP contribution in [0, 0.1) is 41.9 Å². The molecular formula is C50H61BN4O9. The normalized spacial score (nSPS) is 36.8. The molecule has 10 rings (SSSR count). The van der Waals surface area contributed by atoms with Gasteiger partial charge in [-0.3, -0.25) is 19.4 Å². The van der Waals surface area contributed by atoms with Crippen LogP contribution in [0.4, 0.5) is 0 Å². The van der Waals surface area contributed by atoms with Gasteiger partial charge in [0.25, 0.3) is 0 Å². The summed E-state index contributed by atoms with van der Waals surface area (Å²) in [6, 6.07) is 5.45. The molecule has 1 aromatic carbocycles. The first-order valence-electron chi connectivity index (χ1n) is 23.1. The Labute approximate surface area is 376 Å². The van der Waals surface area contributed by atoms with Gasteiger partial charge in [0.15, 0.2) is 13.4 Å². The summed E-state index contributed by atoms with van der Waals surface area (Å²) < 4.78 is 30.0. The molecule has 1 saturated carbocycles. The van der Waals surface area contributed by atoms with E-state index in [1.54, 1.807) is 7.11 Å². The van der Waals surface area contributed by atoms with E-state index in [0.717, 1.165) is 75.4 Å². The second-order valence-electron chi connectivity index (χ2n) is 19.7. The number of likely N-dealkylation sites (tertiary alicyclic amines) is 1. The number of carbonyl (C=O) groups is 3. The number of benzene rings is 1. The van der Waals surface area contributed by atoms with Gasteiger partial charge >= 0.3 is 17.9 Å². The highest BCUT2D eigenvalue weighted by Gasteiger charge is 2.81. The number of aliphatic hydroxyl groups is 1. The number of likely N-dealkylation sites (N-methyl/N-ethyl adjacent to an activating group) is 1. The van der Waals surface area contributed by atoms with Crippen LogP contribution in [0.15, 0.2) is 75.4 Å². The van der Waals surface area contributed by atoms with E-state index in [0.29, 0.717) is 46.2 Å². The van der Waals surface area contributed by atoms with Gasteiger partial charge in [0.1, 0.15) is 5.76 Å². The van der Waals surface area contributed by atoms with Crippen molar-refractivity contribution in [3.8, 4) is 11.1 Å². The van der Waals surface area contributed by atoms with Crippen molar-refractivity contribution in [3.05, 3.63) is 87.9 Å². The van der Waals surface area contributed by atoms with Gasteiger partial charge < -0.3 is 33.5 Å². The first-order valence-corrected chi connectivity index (χ1v) is 23.1. The fourth-order valence-corrected chi connectivity index (χ4v) is 14.7. The van der Waals surface area contributed by atoms with Crippen molar-refractivity contribution >= 4 is 36.2 Å². The molecule has 338 valence electrons. The van der Waals surface area contributed by atoms with Gasteiger partial charge in [-0.25, -0.2) is 4.79 Å². The molecule has 64 heavy (non-hydrogen) atoms. The predicted octanol–water partition coefficient (Wildman–Crippen LogP) is 4.22. The molecule has 1 aromatic heterocycles. The van der Waals surface area contributed by atoms with E-state index >= 15 is 4.79 Å². The number of aryl methyl sites for hydroxylation is 2. The summed E-state index contributed by atoms with van der Waals surface area (Å²) in [6.07, 6.45) is 11.6. The number of aromatic nitrogens is 1. The molecule has 1 N–H and O–H groups in total. The van der Waals surface area contributed by atoms with Gasteiger partial charge in [0.2, 0.25) is 5.60 Å². The Morgan fingerprint density at radius 2 is 1.81 bits per heavy atom. The van der Waals surface area contributed by atoms with Crippen molar-refractivity contribution in [1.29, 1.82) is 0 Å². The molecule has 14 heteroatoms. The first-order chi connectivity index (χ1) is 30.7. The molecule has 3 fully saturated rings. The third kappa shape index (κ3) is 5.57. The van der Waals surface area contributed by atoms with E-state index in [4.69, 9.17) is 23.5 Å². The Hall–Kier alpha value is -4.76. The standard InChI is InChI=1S/C50H61BN4O9/c1-10-30-19-31-23-49(45(57)61-8,41-34(26-54(24-30)25-31)33-20-32(13-14-37(33)51-41)40-27(3)52-64-28(40)4)36-21-35-38(22-39(36)60-7)53(6)43-48(35)16-18-55-17-12-15-47(11-2,42(48)55)44(63-29(5)56)50(43,59)46(58)62-9/h12-15,19-22,31,36,39,42-44,51,59H,10-11,16-18,23-26H2,1-9H3/t31-,36?,39?,42+,43-,44-,47-,48-,49+,50+/m1/s1. The lowest BCUT2D eigenvalue weighted by Gasteiger charge is -2.63. The van der Waals surface area contributed by atoms with Gasteiger partial charge in [-0.2, -0.15) is 0 Å². The Bertz CT molecular complexity index is 2490. The summed E-state index contributed by atoms with van der Waals surface area (Å²) in [5, 5.41) is 17.7. The molecule has 3 unspecified atom stereocenters. The third-order valence-corrected chi connectivity index (χ3v) is 16.9. The van der Waals surface area contributed by atoms with E-state index in [1.165, 1.54) is 26.7 Å². The van der Waals surface area contributed by atoms with E-state index in [1.807, 2.05) is 32.7 Å². The number of hydrogen-bond donors (Lipinski definition) is 1. The minimum Gasteiger partial charge on any atom is -0.468 e. The van der Waals surface area contributed by atoms with Crippen LogP contribution >= 0.6 is 0 Å². The number of esters is 3. The smallest absolute Gasteiger partial charge is 0.344 e. The minimum atomic E-state index is -2.27. The zero-order valence-electron chi connectivity index (χ0n) is 38.7. The maximum Gasteiger partial charge on any atom is 0.344 e. The van der Waals surface area contributed by atoms with Crippen molar-refractivity contribution < 1.29 is 43.0 Å². The molecule has 13 nitrogen and oxygen atoms in total. The van der Waals surface area contributed by atoms with E-state index in [9.17, 15) is 14.7 Å². The number of allylic oxidation sites excluding steroid dienone is 1. The van der Waals surface area contributed by atoms with Crippen LogP contribution in [0.1, 0.15) is 63.5 Å². The van der Waals surface area contributed by atoms with Crippen LogP contribution in [-0.2, 0) is 33.3 Å². The summed E-state index contributed by atoms with van der Waals surface area (Å²) in [5.74, 6) is -1.46. The Morgan fingerprint density at radius 3 is 2.48 bits per heavy atom. The fraction of sp³-hybridized carbons (Fsp3) is 0.560. The fourth-order valence-electron chi connectivity index (χ4n) is 14.7. The van der Waals surface area contributed by atoms with Crippen LogP contribution in [-0.4, -0.2) is 141 Å². The zero-order chi connectivity index (χ0) is 45.2. The average molecular weight is 873 g/mol. The second kappa shape index (κ2) is 15.1. The molecule has 0 amide bonds. The van der Waals surface area contributed by atoms with Gasteiger partial charge in [-0.15, -0.1) is 0 Å². The Kier molecular flexibility index (Phi) is 10.2. The van der Waals surface area contributed by atoms with Gasteiger partial charge in [0, 0.05) is 81.3 Å². The van der Waals surface area contributed by atoms with Crippen molar-refractivity contribution in [2.24, 2.45) is 28.1 Å². The topological polar surface area (TPSA) is 144 Å². The lowest BCUT2D eigenvalue weighted by molar-refractivity contribution is -0.243. The lowest BCUT2D eigenvalue weighted by Crippen LogP contribution is -2.79. The predicted molar refractivity (Wildman–Crippen MR) is 241 cm³/mol. The lowest BCUT2D eigenvalue weighted by atomic mass is 9.46. The number of hydrogen-bond acceptors (Lipinski definition) is 13. The van der Waals surface area contributed by atoms with Crippen LogP contribution < -0.4 is 5.46 Å². The summed E-state index contributed by atoms with van der Waals surface area (Å²) in [7, 11) is 6.96. The second-order valence-corrected chi connectivity index (χ2v) is 19.7. The average Bonchev–Trinajstić information content (AvgIpc) is 4.03. The van der Waals surface area contributed by atoms with E-state index < -0.39 is 58.0 Å². The highest BCUT2D eigenvalue weighted by Crippen LogP contribution is 2.70. The first kappa shape index (κ1) is 43.2. The third-order valence-electron chi connectivity index (χ3n) is 16.9. The number of ether oxygens (including phenoxy) is 4. The molecule has 8 aliphatic rings. The maximum absolute atomic E-state index is 15.6. The summed E-state index contributed by atoms with van der Waals surface area (Å²) in [5.41, 5.74) is 5.19. The number of methoxy groups -OCH3 is 3. The van der Waals surface area contributed by atoms with Crippen molar-refractivity contribution in [2.75, 3.05) is 61.1 Å². The zero-order valence-corrected chi connectivity index (χ0v) is 38.7.